The van der Waals surface area contributed by atoms with Crippen molar-refractivity contribution in [3.63, 3.8) is 0 Å². The van der Waals surface area contributed by atoms with Crippen molar-refractivity contribution in [2.75, 3.05) is 13.2 Å². The van der Waals surface area contributed by atoms with Crippen LogP contribution >= 0.6 is 0 Å². The fourth-order valence-electron chi connectivity index (χ4n) is 7.18. The van der Waals surface area contributed by atoms with Crippen LogP contribution in [0.1, 0.15) is 187 Å². The summed E-state index contributed by atoms with van der Waals surface area (Å²) in [5, 5.41) is 55.1. The van der Waals surface area contributed by atoms with Crippen LogP contribution in [0.2, 0.25) is 0 Å². The number of carbonyl (C=O) groups is 1. The molecule has 1 saturated heterocycles. The molecule has 14 heteroatoms. The van der Waals surface area contributed by atoms with Gasteiger partial charge in [-0.3, -0.25) is 9.35 Å². The number of aliphatic hydroxyl groups is 5. The van der Waals surface area contributed by atoms with E-state index < -0.39 is 78.5 Å². The average molecular weight is 850 g/mol. The van der Waals surface area contributed by atoms with Gasteiger partial charge in [-0.25, -0.2) is 4.18 Å². The lowest BCUT2D eigenvalue weighted by molar-refractivity contribution is -0.298. The normalized spacial score (nSPS) is 21.8. The van der Waals surface area contributed by atoms with E-state index in [0.717, 1.165) is 38.5 Å². The first-order chi connectivity index (χ1) is 27.9. The van der Waals surface area contributed by atoms with Crippen LogP contribution < -0.4 is 5.32 Å². The van der Waals surface area contributed by atoms with Gasteiger partial charge in [0.05, 0.1) is 25.4 Å². The molecule has 342 valence electrons. The van der Waals surface area contributed by atoms with Crippen LogP contribution in [0.25, 0.3) is 0 Å². The highest BCUT2D eigenvalue weighted by Gasteiger charge is 2.48. The van der Waals surface area contributed by atoms with Gasteiger partial charge in [0.25, 0.3) is 0 Å². The van der Waals surface area contributed by atoms with E-state index >= 15 is 0 Å². The molecule has 0 radical (unpaired) electrons. The van der Waals surface area contributed by atoms with Crippen LogP contribution in [-0.4, -0.2) is 107 Å². The third-order valence-corrected chi connectivity index (χ3v) is 11.3. The number of nitrogens with one attached hydrogen (secondary N) is 1. The number of carbonyl (C=O) groups excluding carboxylic acids is 1. The number of allylic oxidation sites excluding steroid dienone is 3. The van der Waals surface area contributed by atoms with E-state index in [2.05, 4.69) is 35.5 Å². The summed E-state index contributed by atoms with van der Waals surface area (Å²) >= 11 is 0. The van der Waals surface area contributed by atoms with Gasteiger partial charge in [0.15, 0.2) is 6.29 Å². The average Bonchev–Trinajstić information content (AvgIpc) is 3.19. The Morgan fingerprint density at radius 2 is 1.16 bits per heavy atom. The molecule has 58 heavy (non-hydrogen) atoms. The Morgan fingerprint density at radius 1 is 0.690 bits per heavy atom. The van der Waals surface area contributed by atoms with Crippen LogP contribution in [0.5, 0.6) is 0 Å². The third-order valence-electron chi connectivity index (χ3n) is 10.8. The zero-order valence-corrected chi connectivity index (χ0v) is 36.8. The van der Waals surface area contributed by atoms with Gasteiger partial charge in [0.2, 0.25) is 5.91 Å². The number of aliphatic hydroxyl groups excluding tert-OH is 5. The van der Waals surface area contributed by atoms with E-state index in [1.54, 1.807) is 6.08 Å². The number of amides is 1. The van der Waals surface area contributed by atoms with Crippen LogP contribution in [0, 0.1) is 0 Å². The summed E-state index contributed by atoms with van der Waals surface area (Å²) in [6.07, 6.45) is 26.9. The standard InChI is InChI=1S/C44H83NO12S/c1-3-5-7-9-11-13-15-17-18-19-21-23-25-27-29-31-33-38(48)43(51)45-36(37(47)32-30-28-26-24-22-20-16-14-12-10-8-6-4-2)35-55-44-41(50)42(57-58(52,53)54)40(49)39(34-46)56-44/h22,24,30,32,36-42,44,46-50H,3-21,23,25-29,31,33-35H2,1-2H3,(H,45,51)(H,52,53,54)/b24-22+,32-30+. The molecule has 1 fully saturated rings. The van der Waals surface area contributed by atoms with Crippen LogP contribution in [0.15, 0.2) is 24.3 Å². The van der Waals surface area contributed by atoms with Crippen LogP contribution in [-0.2, 0) is 28.9 Å². The first-order valence-electron chi connectivity index (χ1n) is 22.8. The fourth-order valence-corrected chi connectivity index (χ4v) is 7.69. The first-order valence-corrected chi connectivity index (χ1v) is 24.2. The molecule has 0 aromatic carbocycles. The van der Waals surface area contributed by atoms with Crippen molar-refractivity contribution >= 4 is 16.3 Å². The van der Waals surface area contributed by atoms with E-state index in [1.165, 1.54) is 122 Å². The lowest BCUT2D eigenvalue weighted by Crippen LogP contribution is -2.61. The van der Waals surface area contributed by atoms with Gasteiger partial charge in [0.1, 0.15) is 30.5 Å². The Bertz CT molecular complexity index is 1160. The zero-order chi connectivity index (χ0) is 42.9. The molecule has 1 heterocycles. The Hall–Kier alpha value is -1.46. The topological polar surface area (TPSA) is 212 Å². The Balaban J connectivity index is 2.61. The van der Waals surface area contributed by atoms with Crippen molar-refractivity contribution in [1.82, 2.24) is 5.32 Å². The van der Waals surface area contributed by atoms with E-state index in [1.807, 2.05) is 0 Å². The molecular weight excluding hydrogens is 767 g/mol. The minimum absolute atomic E-state index is 0.240. The molecule has 0 aromatic heterocycles. The number of ether oxygens (including phenoxy) is 2. The predicted octanol–water partition coefficient (Wildman–Crippen LogP) is 7.52. The summed E-state index contributed by atoms with van der Waals surface area (Å²) in [6.45, 7) is 3.18. The van der Waals surface area contributed by atoms with Crippen LogP contribution in [0.4, 0.5) is 0 Å². The lowest BCUT2D eigenvalue weighted by atomic mass is 9.99. The summed E-state index contributed by atoms with van der Waals surface area (Å²) in [5.74, 6) is -0.711. The van der Waals surface area contributed by atoms with Gasteiger partial charge >= 0.3 is 10.4 Å². The maximum absolute atomic E-state index is 13.1. The molecule has 0 aliphatic carbocycles. The summed E-state index contributed by atoms with van der Waals surface area (Å²) in [6, 6.07) is -1.13. The number of unbranched alkanes of at least 4 members (excludes halogenated alkanes) is 23. The lowest BCUT2D eigenvalue weighted by Gasteiger charge is -2.41. The Kier molecular flexibility index (Phi) is 33.1. The highest BCUT2D eigenvalue weighted by Crippen LogP contribution is 2.26. The largest absolute Gasteiger partial charge is 0.397 e. The molecule has 1 rings (SSSR count). The molecule has 13 nitrogen and oxygen atoms in total. The summed E-state index contributed by atoms with van der Waals surface area (Å²) < 4.78 is 47.4. The maximum atomic E-state index is 13.1. The molecule has 0 bridgehead atoms. The third kappa shape index (κ3) is 27.4. The van der Waals surface area contributed by atoms with Gasteiger partial charge in [0, 0.05) is 0 Å². The second-order valence-corrected chi connectivity index (χ2v) is 17.2. The molecule has 1 amide bonds. The predicted molar refractivity (Wildman–Crippen MR) is 228 cm³/mol. The van der Waals surface area contributed by atoms with E-state index in [0.29, 0.717) is 12.8 Å². The SMILES string of the molecule is CCCCCCCCC/C=C/CC/C=C/C(O)C(COC1OC(CO)C(O)C(OS(=O)(=O)O)C1O)NC(=O)C(O)CCCCCCCCCCCCCCCCCC. The summed E-state index contributed by atoms with van der Waals surface area (Å²) in [7, 11) is -5.12. The smallest absolute Gasteiger partial charge is 0.394 e. The molecule has 0 spiro atoms. The minimum Gasteiger partial charge on any atom is -0.394 e. The van der Waals surface area contributed by atoms with Crippen molar-refractivity contribution < 1.29 is 57.0 Å². The van der Waals surface area contributed by atoms with Crippen molar-refractivity contribution in [1.29, 1.82) is 0 Å². The quantitative estimate of drug-likeness (QED) is 0.0183. The maximum Gasteiger partial charge on any atom is 0.397 e. The fraction of sp³-hybridized carbons (Fsp3) is 0.886. The van der Waals surface area contributed by atoms with Gasteiger partial charge in [-0.05, 0) is 32.1 Å². The highest BCUT2D eigenvalue weighted by molar-refractivity contribution is 7.80. The minimum atomic E-state index is -5.12. The molecule has 1 aliphatic heterocycles. The van der Waals surface area contributed by atoms with E-state index in [9.17, 15) is 38.7 Å². The second-order valence-electron chi connectivity index (χ2n) is 16.1. The van der Waals surface area contributed by atoms with Crippen molar-refractivity contribution in [3.05, 3.63) is 24.3 Å². The molecule has 7 N–H and O–H groups in total. The number of rotatable bonds is 38. The molecule has 8 atom stereocenters. The van der Waals surface area contributed by atoms with Crippen LogP contribution in [0.3, 0.4) is 0 Å². The van der Waals surface area contributed by atoms with Gasteiger partial charge in [-0.1, -0.05) is 179 Å². The van der Waals surface area contributed by atoms with Crippen molar-refractivity contribution in [3.8, 4) is 0 Å². The molecule has 8 unspecified atom stereocenters. The highest BCUT2D eigenvalue weighted by atomic mass is 32.3. The van der Waals surface area contributed by atoms with E-state index in [-0.39, 0.29) is 6.42 Å². The Morgan fingerprint density at radius 3 is 1.66 bits per heavy atom. The summed E-state index contributed by atoms with van der Waals surface area (Å²) in [5.41, 5.74) is 0. The van der Waals surface area contributed by atoms with Crippen molar-refractivity contribution in [2.24, 2.45) is 0 Å². The van der Waals surface area contributed by atoms with Gasteiger partial charge in [-0.2, -0.15) is 8.42 Å². The first kappa shape index (κ1) is 54.6. The van der Waals surface area contributed by atoms with Gasteiger partial charge < -0.3 is 40.3 Å². The second kappa shape index (κ2) is 35.2. The number of hydrogen-bond acceptors (Lipinski definition) is 11. The zero-order valence-electron chi connectivity index (χ0n) is 36.0. The Labute approximate surface area is 351 Å². The number of hydrogen-bond donors (Lipinski definition) is 7. The van der Waals surface area contributed by atoms with Gasteiger partial charge in [-0.15, -0.1) is 0 Å². The molecule has 0 aromatic rings. The molecular formula is C44H83NO12S. The monoisotopic (exact) mass is 850 g/mol. The summed E-state index contributed by atoms with van der Waals surface area (Å²) in [4.78, 5) is 13.1. The molecule has 1 aliphatic rings. The molecule has 0 saturated carbocycles. The van der Waals surface area contributed by atoms with Crippen molar-refractivity contribution in [2.45, 2.75) is 236 Å². The van der Waals surface area contributed by atoms with E-state index in [4.69, 9.17) is 14.0 Å².